The number of rotatable bonds is 7. The van der Waals surface area contributed by atoms with E-state index in [2.05, 4.69) is 16.8 Å². The summed E-state index contributed by atoms with van der Waals surface area (Å²) in [4.78, 5) is 31.0. The molecule has 3 aliphatic rings. The van der Waals surface area contributed by atoms with E-state index in [9.17, 15) is 9.59 Å². The highest BCUT2D eigenvalue weighted by Crippen LogP contribution is 2.32. The van der Waals surface area contributed by atoms with Crippen molar-refractivity contribution in [1.29, 1.82) is 0 Å². The third kappa shape index (κ3) is 6.71. The second kappa shape index (κ2) is 11.1. The molecule has 28 heavy (non-hydrogen) atoms. The number of esters is 1. The molecule has 0 aliphatic carbocycles. The fraction of sp³-hybridized carbons (Fsp3) is 0.905. The molecule has 7 nitrogen and oxygen atoms in total. The van der Waals surface area contributed by atoms with Crippen molar-refractivity contribution in [3.05, 3.63) is 0 Å². The molecule has 0 N–H and O–H groups in total. The minimum atomic E-state index is -0.261. The molecule has 0 aromatic rings. The summed E-state index contributed by atoms with van der Waals surface area (Å²) >= 11 is 0. The third-order valence-corrected chi connectivity index (χ3v) is 6.64. The Hall–Kier alpha value is -1.18. The van der Waals surface area contributed by atoms with E-state index >= 15 is 0 Å². The SMILES string of the molecule is CN1CCC(C2CCN(C(=O)CCC(=O)OCCN3CCOCC3)CC2)CC1. The van der Waals surface area contributed by atoms with Gasteiger partial charge in [-0.1, -0.05) is 0 Å². The van der Waals surface area contributed by atoms with Gasteiger partial charge in [-0.2, -0.15) is 0 Å². The lowest BCUT2D eigenvalue weighted by Gasteiger charge is -2.39. The Morgan fingerprint density at radius 1 is 0.893 bits per heavy atom. The molecule has 3 heterocycles. The van der Waals surface area contributed by atoms with Gasteiger partial charge in [-0.25, -0.2) is 0 Å². The number of piperidine rings is 2. The average molecular weight is 396 g/mol. The minimum Gasteiger partial charge on any atom is -0.464 e. The Morgan fingerprint density at radius 2 is 1.50 bits per heavy atom. The number of amides is 1. The van der Waals surface area contributed by atoms with Crippen LogP contribution in [0, 0.1) is 11.8 Å². The van der Waals surface area contributed by atoms with Crippen LogP contribution in [0.2, 0.25) is 0 Å². The number of likely N-dealkylation sites (tertiary alicyclic amines) is 2. The van der Waals surface area contributed by atoms with Crippen LogP contribution in [0.25, 0.3) is 0 Å². The van der Waals surface area contributed by atoms with Crippen LogP contribution >= 0.6 is 0 Å². The number of morpholine rings is 1. The summed E-state index contributed by atoms with van der Waals surface area (Å²) in [5, 5.41) is 0. The van der Waals surface area contributed by atoms with Crippen molar-refractivity contribution in [1.82, 2.24) is 14.7 Å². The Morgan fingerprint density at radius 3 is 2.14 bits per heavy atom. The smallest absolute Gasteiger partial charge is 0.306 e. The van der Waals surface area contributed by atoms with Crippen molar-refractivity contribution in [3.8, 4) is 0 Å². The number of hydrogen-bond acceptors (Lipinski definition) is 6. The van der Waals surface area contributed by atoms with Crippen LogP contribution in [-0.4, -0.2) is 99.3 Å². The predicted molar refractivity (Wildman–Crippen MR) is 107 cm³/mol. The van der Waals surface area contributed by atoms with Crippen LogP contribution in [0.3, 0.4) is 0 Å². The molecule has 3 fully saturated rings. The van der Waals surface area contributed by atoms with E-state index in [1.807, 2.05) is 4.90 Å². The molecule has 0 saturated carbocycles. The second-order valence-corrected chi connectivity index (χ2v) is 8.53. The first-order chi connectivity index (χ1) is 13.6. The summed E-state index contributed by atoms with van der Waals surface area (Å²) in [5.74, 6) is 1.44. The van der Waals surface area contributed by atoms with Crippen LogP contribution in [0.1, 0.15) is 38.5 Å². The van der Waals surface area contributed by atoms with Crippen LogP contribution < -0.4 is 0 Å². The van der Waals surface area contributed by atoms with Gasteiger partial charge in [0.15, 0.2) is 0 Å². The Kier molecular flexibility index (Phi) is 8.55. The first-order valence-corrected chi connectivity index (χ1v) is 11.0. The molecule has 0 radical (unpaired) electrons. The van der Waals surface area contributed by atoms with Gasteiger partial charge < -0.3 is 19.3 Å². The van der Waals surface area contributed by atoms with Crippen molar-refractivity contribution < 1.29 is 19.1 Å². The van der Waals surface area contributed by atoms with Crippen molar-refractivity contribution >= 4 is 11.9 Å². The van der Waals surface area contributed by atoms with Gasteiger partial charge in [0.2, 0.25) is 5.91 Å². The van der Waals surface area contributed by atoms with Gasteiger partial charge in [-0.15, -0.1) is 0 Å². The minimum absolute atomic E-state index is 0.104. The Labute approximate surface area is 169 Å². The summed E-state index contributed by atoms with van der Waals surface area (Å²) < 4.78 is 10.6. The number of hydrogen-bond donors (Lipinski definition) is 0. The maximum absolute atomic E-state index is 12.4. The highest BCUT2D eigenvalue weighted by molar-refractivity contribution is 5.81. The van der Waals surface area contributed by atoms with E-state index in [-0.39, 0.29) is 24.7 Å². The Bertz CT molecular complexity index is 494. The predicted octanol–water partition coefficient (Wildman–Crippen LogP) is 1.22. The summed E-state index contributed by atoms with van der Waals surface area (Å²) in [6.07, 6.45) is 5.29. The zero-order chi connectivity index (χ0) is 19.8. The third-order valence-electron chi connectivity index (χ3n) is 6.64. The molecule has 0 atom stereocenters. The normalized spacial score (nSPS) is 23.7. The number of ether oxygens (including phenoxy) is 2. The van der Waals surface area contributed by atoms with E-state index in [1.165, 1.54) is 25.9 Å². The van der Waals surface area contributed by atoms with E-state index in [0.717, 1.165) is 70.6 Å². The summed E-state index contributed by atoms with van der Waals surface area (Å²) in [6.45, 7) is 8.53. The van der Waals surface area contributed by atoms with Crippen LogP contribution in [0.5, 0.6) is 0 Å². The maximum Gasteiger partial charge on any atom is 0.306 e. The zero-order valence-corrected chi connectivity index (χ0v) is 17.4. The van der Waals surface area contributed by atoms with E-state index in [1.54, 1.807) is 0 Å². The van der Waals surface area contributed by atoms with Crippen molar-refractivity contribution in [2.75, 3.05) is 72.7 Å². The molecule has 0 aromatic heterocycles. The second-order valence-electron chi connectivity index (χ2n) is 8.53. The highest BCUT2D eigenvalue weighted by atomic mass is 16.5. The lowest BCUT2D eigenvalue weighted by atomic mass is 9.79. The molecule has 1 amide bonds. The fourth-order valence-electron chi connectivity index (χ4n) is 4.67. The van der Waals surface area contributed by atoms with Gasteiger partial charge in [0.25, 0.3) is 0 Å². The first-order valence-electron chi connectivity index (χ1n) is 11.0. The average Bonchev–Trinajstić information content (AvgIpc) is 2.73. The van der Waals surface area contributed by atoms with Gasteiger partial charge in [-0.05, 0) is 57.7 Å². The van der Waals surface area contributed by atoms with E-state index in [0.29, 0.717) is 6.61 Å². The molecule has 3 saturated heterocycles. The highest BCUT2D eigenvalue weighted by Gasteiger charge is 2.30. The molecule has 160 valence electrons. The zero-order valence-electron chi connectivity index (χ0n) is 17.4. The van der Waals surface area contributed by atoms with Crippen LogP contribution in [0.15, 0.2) is 0 Å². The van der Waals surface area contributed by atoms with Crippen molar-refractivity contribution in [2.24, 2.45) is 11.8 Å². The summed E-state index contributed by atoms with van der Waals surface area (Å²) in [7, 11) is 2.20. The molecule has 0 bridgehead atoms. The van der Waals surface area contributed by atoms with Gasteiger partial charge >= 0.3 is 5.97 Å². The lowest BCUT2D eigenvalue weighted by Crippen LogP contribution is -2.42. The lowest BCUT2D eigenvalue weighted by molar-refractivity contribution is -0.147. The monoisotopic (exact) mass is 395 g/mol. The molecular weight excluding hydrogens is 358 g/mol. The van der Waals surface area contributed by atoms with E-state index < -0.39 is 0 Å². The number of carbonyl (C=O) groups is 2. The molecule has 7 heteroatoms. The van der Waals surface area contributed by atoms with Gasteiger partial charge in [-0.3, -0.25) is 14.5 Å². The molecule has 0 spiro atoms. The molecular formula is C21H37N3O4. The maximum atomic E-state index is 12.4. The largest absolute Gasteiger partial charge is 0.464 e. The van der Waals surface area contributed by atoms with Crippen molar-refractivity contribution in [2.45, 2.75) is 38.5 Å². The van der Waals surface area contributed by atoms with Gasteiger partial charge in [0.1, 0.15) is 6.61 Å². The quantitative estimate of drug-likeness (QED) is 0.604. The number of nitrogens with zero attached hydrogens (tertiary/aromatic N) is 3. The van der Waals surface area contributed by atoms with Crippen LogP contribution in [0.4, 0.5) is 0 Å². The van der Waals surface area contributed by atoms with Gasteiger partial charge in [0.05, 0.1) is 19.6 Å². The summed E-state index contributed by atoms with van der Waals surface area (Å²) in [5.41, 5.74) is 0. The number of carbonyl (C=O) groups excluding carboxylic acids is 2. The molecule has 3 aliphatic heterocycles. The molecule has 0 unspecified atom stereocenters. The molecule has 0 aromatic carbocycles. The summed E-state index contributed by atoms with van der Waals surface area (Å²) in [6, 6.07) is 0. The first kappa shape index (κ1) is 21.5. The topological polar surface area (TPSA) is 62.3 Å². The van der Waals surface area contributed by atoms with Gasteiger partial charge in [0, 0.05) is 39.1 Å². The van der Waals surface area contributed by atoms with Crippen LogP contribution in [-0.2, 0) is 19.1 Å². The fourth-order valence-corrected chi connectivity index (χ4v) is 4.67. The standard InChI is InChI=1S/C21H37N3O4/c1-22-8-4-18(5-9-22)19-6-10-24(11-7-19)20(25)2-3-21(26)28-17-14-23-12-15-27-16-13-23/h18-19H,2-17H2,1H3. The Balaban J connectivity index is 1.26. The molecule has 3 rings (SSSR count). The van der Waals surface area contributed by atoms with Crippen molar-refractivity contribution in [3.63, 3.8) is 0 Å². The van der Waals surface area contributed by atoms with E-state index in [4.69, 9.17) is 9.47 Å².